The molecule has 4 aromatic rings. The van der Waals surface area contributed by atoms with Crippen LogP contribution in [0.4, 0.5) is 4.39 Å². The topological polar surface area (TPSA) is 58.3 Å². The van der Waals surface area contributed by atoms with Crippen molar-refractivity contribution in [3.63, 3.8) is 0 Å². The summed E-state index contributed by atoms with van der Waals surface area (Å²) in [5.41, 5.74) is 2.51. The van der Waals surface area contributed by atoms with Crippen molar-refractivity contribution in [2.24, 2.45) is 0 Å². The molecule has 2 N–H and O–H groups in total. The Balaban J connectivity index is 1.89. The summed E-state index contributed by atoms with van der Waals surface area (Å²) < 4.78 is 15.0. The lowest BCUT2D eigenvalue weighted by Gasteiger charge is -2.10. The van der Waals surface area contributed by atoms with Crippen molar-refractivity contribution in [3.05, 3.63) is 71.6 Å². The fourth-order valence-electron chi connectivity index (χ4n) is 2.80. The second-order valence-electron chi connectivity index (χ2n) is 5.58. The molecule has 0 aliphatic rings. The van der Waals surface area contributed by atoms with Gasteiger partial charge in [0.1, 0.15) is 16.5 Å². The molecular weight excluding hydrogens is 343 g/mol. The fourth-order valence-corrected chi connectivity index (χ4v) is 3.08. The van der Waals surface area contributed by atoms with Crippen LogP contribution < -0.4 is 0 Å². The van der Waals surface area contributed by atoms with E-state index in [9.17, 15) is 14.6 Å². The zero-order valence-electron chi connectivity index (χ0n) is 12.8. The third kappa shape index (κ3) is 2.49. The summed E-state index contributed by atoms with van der Waals surface area (Å²) >= 11 is 6.07. The molecule has 0 amide bonds. The highest BCUT2D eigenvalue weighted by atomic mass is 35.5. The molecule has 0 aliphatic heterocycles. The first-order valence-corrected chi connectivity index (χ1v) is 7.87. The minimum Gasteiger partial charge on any atom is -0.506 e. The molecule has 0 radical (unpaired) electrons. The molecule has 6 heteroatoms. The van der Waals surface area contributed by atoms with Gasteiger partial charge in [-0.05, 0) is 29.3 Å². The van der Waals surface area contributed by atoms with Gasteiger partial charge >= 0.3 is 0 Å². The van der Waals surface area contributed by atoms with Gasteiger partial charge in [-0.25, -0.2) is 9.07 Å². The number of aromatic nitrogens is 2. The van der Waals surface area contributed by atoms with Crippen LogP contribution >= 0.6 is 11.6 Å². The van der Waals surface area contributed by atoms with Crippen LogP contribution in [-0.2, 0) is 0 Å². The number of benzene rings is 3. The second-order valence-corrected chi connectivity index (χ2v) is 5.96. The van der Waals surface area contributed by atoms with E-state index in [1.54, 1.807) is 12.1 Å². The number of hydrogen-bond acceptors (Lipinski definition) is 3. The molecular formula is C19H12ClFN2O2. The highest BCUT2D eigenvalue weighted by molar-refractivity contribution is 6.36. The highest BCUT2D eigenvalue weighted by Gasteiger charge is 2.18. The van der Waals surface area contributed by atoms with Gasteiger partial charge in [0.15, 0.2) is 11.6 Å². The van der Waals surface area contributed by atoms with Crippen LogP contribution in [0.1, 0.15) is 0 Å². The van der Waals surface area contributed by atoms with Gasteiger partial charge in [-0.2, -0.15) is 5.10 Å². The predicted octanol–water partition coefficient (Wildman–Crippen LogP) is 4.90. The molecule has 3 aromatic carbocycles. The van der Waals surface area contributed by atoms with Crippen LogP contribution in [0.2, 0.25) is 5.02 Å². The first kappa shape index (κ1) is 15.5. The lowest BCUT2D eigenvalue weighted by atomic mass is 10.0. The summed E-state index contributed by atoms with van der Waals surface area (Å²) in [6, 6.07) is 15.9. The molecule has 0 saturated carbocycles. The summed E-state index contributed by atoms with van der Waals surface area (Å²) in [5.74, 6) is -1.47. The summed E-state index contributed by atoms with van der Waals surface area (Å²) in [5, 5.41) is 24.6. The van der Waals surface area contributed by atoms with E-state index in [0.29, 0.717) is 16.6 Å². The Hall–Kier alpha value is -3.05. The summed E-state index contributed by atoms with van der Waals surface area (Å²) in [4.78, 5) is 0. The van der Waals surface area contributed by atoms with Crippen LogP contribution in [0.15, 0.2) is 60.8 Å². The van der Waals surface area contributed by atoms with E-state index in [2.05, 4.69) is 5.10 Å². The number of rotatable bonds is 2. The monoisotopic (exact) mass is 354 g/mol. The maximum Gasteiger partial charge on any atom is 0.172 e. The molecule has 4 rings (SSSR count). The van der Waals surface area contributed by atoms with Crippen LogP contribution in [0, 0.1) is 5.82 Å². The van der Waals surface area contributed by atoms with Crippen molar-refractivity contribution in [2.75, 3.05) is 0 Å². The summed E-state index contributed by atoms with van der Waals surface area (Å²) in [6.45, 7) is 0. The lowest BCUT2D eigenvalue weighted by molar-refractivity contribution is 0.433. The average molecular weight is 355 g/mol. The van der Waals surface area contributed by atoms with E-state index >= 15 is 0 Å². The molecule has 1 heterocycles. The minimum absolute atomic E-state index is 0.00812. The quantitative estimate of drug-likeness (QED) is 0.538. The van der Waals surface area contributed by atoms with Gasteiger partial charge in [0.2, 0.25) is 0 Å². The van der Waals surface area contributed by atoms with Crippen LogP contribution in [0.25, 0.3) is 27.7 Å². The van der Waals surface area contributed by atoms with E-state index in [0.717, 1.165) is 17.2 Å². The zero-order chi connectivity index (χ0) is 17.6. The number of hydrogen-bond donors (Lipinski definition) is 2. The average Bonchev–Trinajstić information content (AvgIpc) is 3.04. The largest absolute Gasteiger partial charge is 0.506 e. The van der Waals surface area contributed by atoms with Gasteiger partial charge in [-0.1, -0.05) is 48.0 Å². The molecule has 0 fully saturated rings. The van der Waals surface area contributed by atoms with E-state index in [1.165, 1.54) is 10.9 Å². The number of aromatic hydroxyl groups is 2. The molecule has 0 unspecified atom stereocenters. The van der Waals surface area contributed by atoms with E-state index in [4.69, 9.17) is 11.6 Å². The maximum atomic E-state index is 13.6. The number of nitrogens with zero attached hydrogens (tertiary/aromatic N) is 2. The first-order chi connectivity index (χ1) is 12.1. The molecule has 1 aromatic heterocycles. The Morgan fingerprint density at radius 3 is 2.44 bits per heavy atom. The van der Waals surface area contributed by atoms with Gasteiger partial charge in [0.05, 0.1) is 11.7 Å². The lowest BCUT2D eigenvalue weighted by Crippen LogP contribution is -1.97. The van der Waals surface area contributed by atoms with Gasteiger partial charge < -0.3 is 10.2 Å². The van der Waals surface area contributed by atoms with E-state index < -0.39 is 11.6 Å². The SMILES string of the molecule is Oc1cc(-c2ccccc2)ccc1-n1ncc2cc(F)c(O)c(Cl)c21. The molecule has 0 aliphatic carbocycles. The maximum absolute atomic E-state index is 13.6. The smallest absolute Gasteiger partial charge is 0.172 e. The molecule has 0 saturated heterocycles. The number of phenolic OH excluding ortho intramolecular Hbond substituents is 2. The van der Waals surface area contributed by atoms with Crippen LogP contribution in [0.5, 0.6) is 11.5 Å². The molecule has 0 spiro atoms. The Labute approximate surface area is 147 Å². The third-order valence-corrected chi connectivity index (χ3v) is 4.39. The van der Waals surface area contributed by atoms with Crippen molar-refractivity contribution >= 4 is 22.5 Å². The number of fused-ring (bicyclic) bond motifs is 1. The standard InChI is InChI=1S/C19H12ClFN2O2/c20-17-18-13(8-14(21)19(17)25)10-22-23(18)15-7-6-12(9-16(15)24)11-4-2-1-3-5-11/h1-10,24-25H. The van der Waals surface area contributed by atoms with E-state index in [1.807, 2.05) is 36.4 Å². The van der Waals surface area contributed by atoms with Gasteiger partial charge in [-0.3, -0.25) is 0 Å². The predicted molar refractivity (Wildman–Crippen MR) is 94.8 cm³/mol. The molecule has 0 bridgehead atoms. The summed E-state index contributed by atoms with van der Waals surface area (Å²) in [6.07, 6.45) is 1.42. The Kier molecular flexibility index (Phi) is 3.58. The minimum atomic E-state index is -0.819. The van der Waals surface area contributed by atoms with Gasteiger partial charge in [0, 0.05) is 5.39 Å². The fraction of sp³-hybridized carbons (Fsp3) is 0. The van der Waals surface area contributed by atoms with Crippen molar-refractivity contribution in [3.8, 4) is 28.3 Å². The van der Waals surface area contributed by atoms with Crippen molar-refractivity contribution in [1.82, 2.24) is 9.78 Å². The Bertz CT molecular complexity index is 1090. The van der Waals surface area contributed by atoms with Crippen LogP contribution in [0.3, 0.4) is 0 Å². The third-order valence-electron chi connectivity index (χ3n) is 4.03. The van der Waals surface area contributed by atoms with Crippen molar-refractivity contribution in [2.45, 2.75) is 0 Å². The Morgan fingerprint density at radius 2 is 1.72 bits per heavy atom. The second kappa shape index (κ2) is 5.79. The normalized spacial score (nSPS) is 11.1. The molecule has 0 atom stereocenters. The van der Waals surface area contributed by atoms with Crippen molar-refractivity contribution < 1.29 is 14.6 Å². The summed E-state index contributed by atoms with van der Waals surface area (Å²) in [7, 11) is 0. The highest BCUT2D eigenvalue weighted by Crippen LogP contribution is 2.37. The zero-order valence-corrected chi connectivity index (χ0v) is 13.6. The molecule has 4 nitrogen and oxygen atoms in total. The Morgan fingerprint density at radius 1 is 0.960 bits per heavy atom. The number of halogens is 2. The van der Waals surface area contributed by atoms with E-state index in [-0.39, 0.29) is 10.8 Å². The van der Waals surface area contributed by atoms with Gasteiger partial charge in [0.25, 0.3) is 0 Å². The van der Waals surface area contributed by atoms with Gasteiger partial charge in [-0.15, -0.1) is 0 Å². The van der Waals surface area contributed by atoms with Crippen LogP contribution in [-0.4, -0.2) is 20.0 Å². The van der Waals surface area contributed by atoms with Crippen molar-refractivity contribution in [1.29, 1.82) is 0 Å². The molecule has 124 valence electrons. The number of phenols is 2. The molecule has 25 heavy (non-hydrogen) atoms. The first-order valence-electron chi connectivity index (χ1n) is 7.50.